The summed E-state index contributed by atoms with van der Waals surface area (Å²) in [5, 5.41) is 11.6. The molecule has 2 heteroatoms. The van der Waals surface area contributed by atoms with Crippen molar-refractivity contribution >= 4 is 11.8 Å². The molecule has 3 rings (SSSR count). The summed E-state index contributed by atoms with van der Waals surface area (Å²) in [5.41, 5.74) is 7.31. The molecule has 0 aliphatic carbocycles. The molecule has 1 aliphatic heterocycles. The van der Waals surface area contributed by atoms with Crippen LogP contribution in [0, 0.1) is 27.7 Å². The summed E-state index contributed by atoms with van der Waals surface area (Å²) in [4.78, 5) is 0. The van der Waals surface area contributed by atoms with Gasteiger partial charge in [0.15, 0.2) is 0 Å². The minimum absolute atomic E-state index is 0.346. The fourth-order valence-electron chi connectivity index (χ4n) is 3.96. The second-order valence-corrected chi connectivity index (χ2v) is 9.27. The predicted molar refractivity (Wildman–Crippen MR) is 105 cm³/mol. The monoisotopic (exact) mass is 340 g/mol. The maximum atomic E-state index is 10.9. The van der Waals surface area contributed by atoms with E-state index in [2.05, 4.69) is 64.1 Å². The van der Waals surface area contributed by atoms with Gasteiger partial charge in [0.1, 0.15) is 0 Å². The highest BCUT2D eigenvalue weighted by atomic mass is 32.2. The molecule has 1 saturated heterocycles. The van der Waals surface area contributed by atoms with Crippen molar-refractivity contribution in [1.29, 1.82) is 0 Å². The van der Waals surface area contributed by atoms with Crippen LogP contribution in [0.1, 0.15) is 63.6 Å². The molecular formula is C22H28OS. The lowest BCUT2D eigenvalue weighted by Gasteiger charge is -2.39. The van der Waals surface area contributed by atoms with Crippen molar-refractivity contribution in [3.8, 4) is 0 Å². The van der Waals surface area contributed by atoms with E-state index in [9.17, 15) is 5.11 Å². The molecule has 0 aromatic heterocycles. The highest BCUT2D eigenvalue weighted by molar-refractivity contribution is 7.99. The van der Waals surface area contributed by atoms with Crippen LogP contribution in [-0.4, -0.2) is 10.7 Å². The zero-order chi connectivity index (χ0) is 17.5. The second kappa shape index (κ2) is 6.57. The third-order valence-electron chi connectivity index (χ3n) is 4.81. The zero-order valence-corrected chi connectivity index (χ0v) is 16.2. The van der Waals surface area contributed by atoms with Crippen LogP contribution in [0.4, 0.5) is 0 Å². The van der Waals surface area contributed by atoms with Crippen molar-refractivity contribution in [2.24, 2.45) is 0 Å². The molecule has 2 aromatic carbocycles. The third kappa shape index (κ3) is 4.04. The van der Waals surface area contributed by atoms with Gasteiger partial charge in [0, 0.05) is 10.5 Å². The van der Waals surface area contributed by atoms with E-state index >= 15 is 0 Å². The lowest BCUT2D eigenvalue weighted by molar-refractivity contribution is 0.0364. The molecule has 0 spiro atoms. The Bertz CT molecular complexity index is 646. The number of aryl methyl sites for hydroxylation is 4. The van der Waals surface area contributed by atoms with Gasteiger partial charge in [-0.1, -0.05) is 58.7 Å². The van der Waals surface area contributed by atoms with Crippen molar-refractivity contribution in [1.82, 2.24) is 0 Å². The van der Waals surface area contributed by atoms with Crippen molar-refractivity contribution in [2.75, 3.05) is 0 Å². The first-order valence-corrected chi connectivity index (χ1v) is 9.70. The van der Waals surface area contributed by atoms with Crippen LogP contribution in [0.15, 0.2) is 36.4 Å². The van der Waals surface area contributed by atoms with Crippen LogP contribution in [0.25, 0.3) is 0 Å². The number of rotatable bonds is 2. The third-order valence-corrected chi connectivity index (χ3v) is 6.35. The first-order chi connectivity index (χ1) is 11.2. The first kappa shape index (κ1) is 17.6. The summed E-state index contributed by atoms with van der Waals surface area (Å²) >= 11 is 2.01. The van der Waals surface area contributed by atoms with E-state index in [1.807, 2.05) is 18.7 Å². The van der Waals surface area contributed by atoms with Gasteiger partial charge < -0.3 is 5.11 Å². The number of hydrogen-bond acceptors (Lipinski definition) is 2. The van der Waals surface area contributed by atoms with E-state index in [0.29, 0.717) is 10.5 Å². The fraction of sp³-hybridized carbons (Fsp3) is 0.455. The van der Waals surface area contributed by atoms with E-state index in [1.165, 1.54) is 33.4 Å². The Morgan fingerprint density at radius 1 is 0.750 bits per heavy atom. The van der Waals surface area contributed by atoms with Crippen LogP contribution in [0.5, 0.6) is 0 Å². The molecule has 1 nitrogen and oxygen atoms in total. The number of benzene rings is 2. The number of thioether (sulfide) groups is 1. The summed E-state index contributed by atoms with van der Waals surface area (Å²) in [6.07, 6.45) is 1.64. The lowest BCUT2D eigenvalue weighted by Crippen LogP contribution is -2.32. The summed E-state index contributed by atoms with van der Waals surface area (Å²) in [5.74, 6) is 0. The second-order valence-electron chi connectivity index (χ2n) is 7.86. The average Bonchev–Trinajstić information content (AvgIpc) is 2.43. The van der Waals surface area contributed by atoms with Gasteiger partial charge in [0.2, 0.25) is 0 Å². The average molecular weight is 341 g/mol. The molecule has 1 fully saturated rings. The van der Waals surface area contributed by atoms with Gasteiger partial charge >= 0.3 is 0 Å². The normalized spacial score (nSPS) is 27.2. The Balaban J connectivity index is 1.95. The summed E-state index contributed by atoms with van der Waals surface area (Å²) in [7, 11) is 0. The molecule has 0 radical (unpaired) electrons. The Labute approximate surface area is 150 Å². The molecule has 128 valence electrons. The van der Waals surface area contributed by atoms with Gasteiger partial charge in [-0.3, -0.25) is 0 Å². The summed E-state index contributed by atoms with van der Waals surface area (Å²) in [6, 6.07) is 13.6. The van der Waals surface area contributed by atoms with Gasteiger partial charge in [-0.25, -0.2) is 0 Å². The van der Waals surface area contributed by atoms with Crippen molar-refractivity contribution < 1.29 is 5.11 Å². The first-order valence-electron chi connectivity index (χ1n) is 8.76. The Morgan fingerprint density at radius 3 is 1.42 bits per heavy atom. The van der Waals surface area contributed by atoms with E-state index in [0.717, 1.165) is 12.8 Å². The SMILES string of the molecule is Cc1cc(C)cc([C@@H]2CC(C)(O)C[C@@H](c3cc(C)cc(C)c3)S2)c1. The minimum atomic E-state index is -0.615. The van der Waals surface area contributed by atoms with Crippen molar-refractivity contribution in [2.45, 2.75) is 63.6 Å². The van der Waals surface area contributed by atoms with Gasteiger partial charge in [0.05, 0.1) is 5.60 Å². The summed E-state index contributed by atoms with van der Waals surface area (Å²) < 4.78 is 0. The van der Waals surface area contributed by atoms with Crippen molar-refractivity contribution in [3.63, 3.8) is 0 Å². The molecule has 24 heavy (non-hydrogen) atoms. The Morgan fingerprint density at radius 2 is 1.08 bits per heavy atom. The Kier molecular flexibility index (Phi) is 4.81. The van der Waals surface area contributed by atoms with Crippen LogP contribution < -0.4 is 0 Å². The lowest BCUT2D eigenvalue weighted by atomic mass is 9.88. The van der Waals surface area contributed by atoms with Gasteiger partial charge in [-0.05, 0) is 58.6 Å². The number of hydrogen-bond donors (Lipinski definition) is 1. The van der Waals surface area contributed by atoms with Crippen LogP contribution in [0.2, 0.25) is 0 Å². The number of aliphatic hydroxyl groups is 1. The van der Waals surface area contributed by atoms with E-state index in [1.54, 1.807) is 0 Å². The molecule has 1 aliphatic rings. The minimum Gasteiger partial charge on any atom is -0.390 e. The molecule has 1 heterocycles. The molecule has 2 aromatic rings. The standard InChI is InChI=1S/C22H28OS/c1-14-6-15(2)9-18(8-14)20-12-22(5,23)13-21(24-20)19-10-16(3)7-17(4)11-19/h6-11,20-21,23H,12-13H2,1-5H3/t20-,21-/m0/s1. The van der Waals surface area contributed by atoms with Gasteiger partial charge in [-0.2, -0.15) is 0 Å². The molecule has 0 amide bonds. The highest BCUT2D eigenvalue weighted by Crippen LogP contribution is 2.53. The van der Waals surface area contributed by atoms with Gasteiger partial charge in [0.25, 0.3) is 0 Å². The molecule has 0 unspecified atom stereocenters. The van der Waals surface area contributed by atoms with Crippen LogP contribution in [0.3, 0.4) is 0 Å². The molecule has 0 saturated carbocycles. The van der Waals surface area contributed by atoms with Gasteiger partial charge in [-0.15, -0.1) is 11.8 Å². The van der Waals surface area contributed by atoms with E-state index in [-0.39, 0.29) is 0 Å². The fourth-order valence-corrected chi connectivity index (χ4v) is 5.85. The Hall–Kier alpha value is -1.25. The summed E-state index contributed by atoms with van der Waals surface area (Å²) in [6.45, 7) is 10.6. The topological polar surface area (TPSA) is 20.2 Å². The molecule has 0 bridgehead atoms. The zero-order valence-electron chi connectivity index (χ0n) is 15.4. The van der Waals surface area contributed by atoms with Crippen LogP contribution in [-0.2, 0) is 0 Å². The quantitative estimate of drug-likeness (QED) is 0.725. The molecule has 2 atom stereocenters. The van der Waals surface area contributed by atoms with Crippen LogP contribution >= 0.6 is 11.8 Å². The predicted octanol–water partition coefficient (Wildman–Crippen LogP) is 5.98. The van der Waals surface area contributed by atoms with E-state index in [4.69, 9.17) is 0 Å². The smallest absolute Gasteiger partial charge is 0.0647 e. The highest BCUT2D eigenvalue weighted by Gasteiger charge is 2.37. The van der Waals surface area contributed by atoms with Crippen molar-refractivity contribution in [3.05, 3.63) is 69.8 Å². The molecular weight excluding hydrogens is 312 g/mol. The maximum Gasteiger partial charge on any atom is 0.0647 e. The maximum absolute atomic E-state index is 10.9. The van der Waals surface area contributed by atoms with E-state index < -0.39 is 5.60 Å². The molecule has 1 N–H and O–H groups in total. The largest absolute Gasteiger partial charge is 0.390 e.